The lowest BCUT2D eigenvalue weighted by atomic mass is 9.87. The van der Waals surface area contributed by atoms with Crippen molar-refractivity contribution in [1.29, 1.82) is 0 Å². The molecule has 29 heavy (non-hydrogen) atoms. The highest BCUT2D eigenvalue weighted by Crippen LogP contribution is 2.40. The molecule has 1 aliphatic heterocycles. The van der Waals surface area contributed by atoms with E-state index in [1.54, 1.807) is 37.6 Å². The molecule has 0 fully saturated rings. The second-order valence-corrected chi connectivity index (χ2v) is 8.15. The molecule has 2 aromatic carbocycles. The number of carbonyl (C=O) groups is 1. The van der Waals surface area contributed by atoms with Crippen molar-refractivity contribution >= 4 is 23.4 Å². The fourth-order valence-corrected chi connectivity index (χ4v) is 4.09. The Labute approximate surface area is 173 Å². The lowest BCUT2D eigenvalue weighted by molar-refractivity contribution is 0.0955. The Morgan fingerprint density at radius 2 is 1.97 bits per heavy atom. The van der Waals surface area contributed by atoms with Crippen molar-refractivity contribution in [2.45, 2.75) is 46.2 Å². The van der Waals surface area contributed by atoms with Crippen molar-refractivity contribution in [2.75, 3.05) is 12.0 Å². The molecule has 152 valence electrons. The zero-order valence-electron chi connectivity index (χ0n) is 18.0. The number of allylic oxidation sites excluding steroid dienone is 1. The Morgan fingerprint density at radius 3 is 2.66 bits per heavy atom. The highest BCUT2D eigenvalue weighted by Gasteiger charge is 2.32. The fraction of sp³-hybridized carbons (Fsp3) is 0.333. The summed E-state index contributed by atoms with van der Waals surface area (Å²) in [7, 11) is 1.57. The van der Waals surface area contributed by atoms with E-state index in [4.69, 9.17) is 4.74 Å². The van der Waals surface area contributed by atoms with E-state index >= 15 is 0 Å². The average Bonchev–Trinajstić information content (AvgIpc) is 2.67. The summed E-state index contributed by atoms with van der Waals surface area (Å²) in [4.78, 5) is 14.7. The second-order valence-electron chi connectivity index (χ2n) is 8.15. The minimum Gasteiger partial charge on any atom is -0.497 e. The molecule has 5 nitrogen and oxygen atoms in total. The highest BCUT2D eigenvalue weighted by atomic mass is 16.5. The van der Waals surface area contributed by atoms with Crippen LogP contribution >= 0.6 is 0 Å². The maximum Gasteiger partial charge on any atom is 0.271 e. The zero-order valence-corrected chi connectivity index (χ0v) is 18.0. The van der Waals surface area contributed by atoms with E-state index in [1.807, 2.05) is 6.07 Å². The van der Waals surface area contributed by atoms with Crippen LogP contribution in [0.25, 0.3) is 5.57 Å². The molecule has 0 saturated carbocycles. The number of nitrogens with zero attached hydrogens (tertiary/aromatic N) is 2. The first-order valence-electron chi connectivity index (χ1n) is 9.83. The summed E-state index contributed by atoms with van der Waals surface area (Å²) in [5.74, 6) is 0.359. The smallest absolute Gasteiger partial charge is 0.271 e. The van der Waals surface area contributed by atoms with Gasteiger partial charge in [-0.15, -0.1) is 0 Å². The van der Waals surface area contributed by atoms with Gasteiger partial charge in [-0.1, -0.05) is 18.2 Å². The third-order valence-corrected chi connectivity index (χ3v) is 5.12. The van der Waals surface area contributed by atoms with Crippen LogP contribution in [-0.4, -0.2) is 30.8 Å². The van der Waals surface area contributed by atoms with Crippen LogP contribution in [0, 0.1) is 0 Å². The standard InChI is InChI=1S/C24H29N3O2/c1-16(2)27-22-11-10-18(12-21(22)17(3)14-24(27,4)5)15-25-26-23(28)19-8-7-9-20(13-19)29-6/h7-16H,1-6H3,(H,26,28)/b25-15-. The first kappa shape index (κ1) is 20.6. The van der Waals surface area contributed by atoms with Gasteiger partial charge in [-0.05, 0) is 76.1 Å². The van der Waals surface area contributed by atoms with Crippen LogP contribution in [-0.2, 0) is 0 Å². The Kier molecular flexibility index (Phi) is 5.78. The average molecular weight is 392 g/mol. The molecule has 1 aliphatic rings. The summed E-state index contributed by atoms with van der Waals surface area (Å²) in [5, 5.41) is 4.13. The van der Waals surface area contributed by atoms with Crippen molar-refractivity contribution in [3.8, 4) is 5.75 Å². The summed E-state index contributed by atoms with van der Waals surface area (Å²) >= 11 is 0. The normalized spacial score (nSPS) is 15.3. The maximum atomic E-state index is 12.3. The van der Waals surface area contributed by atoms with Gasteiger partial charge >= 0.3 is 0 Å². The molecule has 0 aliphatic carbocycles. The van der Waals surface area contributed by atoms with E-state index in [-0.39, 0.29) is 11.4 Å². The van der Waals surface area contributed by atoms with Gasteiger partial charge in [0.25, 0.3) is 5.91 Å². The van der Waals surface area contributed by atoms with Gasteiger partial charge in [0.15, 0.2) is 0 Å². The number of rotatable bonds is 5. The van der Waals surface area contributed by atoms with E-state index in [1.165, 1.54) is 16.8 Å². The monoisotopic (exact) mass is 391 g/mol. The number of nitrogens with one attached hydrogen (secondary N) is 1. The molecular formula is C24H29N3O2. The Hall–Kier alpha value is -3.08. The summed E-state index contributed by atoms with van der Waals surface area (Å²) in [5.41, 5.74) is 7.65. The van der Waals surface area contributed by atoms with Crippen molar-refractivity contribution in [1.82, 2.24) is 5.43 Å². The van der Waals surface area contributed by atoms with Gasteiger partial charge in [-0.2, -0.15) is 5.10 Å². The van der Waals surface area contributed by atoms with Gasteiger partial charge in [-0.3, -0.25) is 4.79 Å². The molecule has 0 saturated heterocycles. The van der Waals surface area contributed by atoms with E-state index in [0.717, 1.165) is 5.56 Å². The predicted molar refractivity (Wildman–Crippen MR) is 120 cm³/mol. The van der Waals surface area contributed by atoms with Gasteiger partial charge in [0.1, 0.15) is 5.75 Å². The van der Waals surface area contributed by atoms with Crippen LogP contribution in [0.15, 0.2) is 53.6 Å². The minimum absolute atomic E-state index is 0.0361. The second kappa shape index (κ2) is 8.11. The summed E-state index contributed by atoms with van der Waals surface area (Å²) < 4.78 is 5.15. The topological polar surface area (TPSA) is 53.9 Å². The number of hydrogen-bond donors (Lipinski definition) is 1. The van der Waals surface area contributed by atoms with Crippen LogP contribution in [0.1, 0.15) is 56.1 Å². The van der Waals surface area contributed by atoms with Gasteiger partial charge in [-0.25, -0.2) is 5.43 Å². The SMILES string of the molecule is COc1cccc(C(=O)N/N=C\c2ccc3c(c2)C(C)=CC(C)(C)N3C(C)C)c1. The molecule has 2 aromatic rings. The number of amides is 1. The Balaban J connectivity index is 1.79. The number of carbonyl (C=O) groups excluding carboxylic acids is 1. The van der Waals surface area contributed by atoms with Crippen LogP contribution in [0.2, 0.25) is 0 Å². The molecule has 1 heterocycles. The van der Waals surface area contributed by atoms with Crippen molar-refractivity contribution in [2.24, 2.45) is 5.10 Å². The summed E-state index contributed by atoms with van der Waals surface area (Å²) in [6, 6.07) is 13.6. The van der Waals surface area contributed by atoms with E-state index < -0.39 is 0 Å². The molecule has 0 aromatic heterocycles. The lowest BCUT2D eigenvalue weighted by Crippen LogP contribution is -2.49. The summed E-state index contributed by atoms with van der Waals surface area (Å²) in [6.45, 7) is 11.0. The van der Waals surface area contributed by atoms with E-state index in [9.17, 15) is 4.79 Å². The molecule has 1 amide bonds. The number of methoxy groups -OCH3 is 1. The van der Waals surface area contributed by atoms with E-state index in [2.05, 4.69) is 68.3 Å². The number of anilines is 1. The van der Waals surface area contributed by atoms with Crippen LogP contribution in [0.3, 0.4) is 0 Å². The Bertz CT molecular complexity index is 974. The molecule has 0 bridgehead atoms. The van der Waals surface area contributed by atoms with Crippen LogP contribution in [0.5, 0.6) is 5.75 Å². The lowest BCUT2D eigenvalue weighted by Gasteiger charge is -2.46. The van der Waals surface area contributed by atoms with Crippen molar-refractivity contribution in [3.63, 3.8) is 0 Å². The first-order chi connectivity index (χ1) is 13.7. The zero-order chi connectivity index (χ0) is 21.2. The number of hydrazone groups is 1. The number of fused-ring (bicyclic) bond motifs is 1. The quantitative estimate of drug-likeness (QED) is 0.584. The number of ether oxygens (including phenoxy) is 1. The fourth-order valence-electron chi connectivity index (χ4n) is 4.09. The van der Waals surface area contributed by atoms with Crippen molar-refractivity contribution in [3.05, 3.63) is 65.2 Å². The molecular weight excluding hydrogens is 362 g/mol. The molecule has 0 unspecified atom stereocenters. The highest BCUT2D eigenvalue weighted by molar-refractivity contribution is 5.95. The van der Waals surface area contributed by atoms with Gasteiger partial charge in [0.2, 0.25) is 0 Å². The maximum absolute atomic E-state index is 12.3. The molecule has 0 spiro atoms. The van der Waals surface area contributed by atoms with Gasteiger partial charge in [0.05, 0.1) is 18.9 Å². The van der Waals surface area contributed by atoms with Gasteiger partial charge < -0.3 is 9.64 Å². The van der Waals surface area contributed by atoms with Crippen molar-refractivity contribution < 1.29 is 9.53 Å². The number of hydrogen-bond acceptors (Lipinski definition) is 4. The molecule has 0 atom stereocenters. The minimum atomic E-state index is -0.276. The predicted octanol–water partition coefficient (Wildman–Crippen LogP) is 4.87. The molecule has 3 rings (SSSR count). The molecule has 0 radical (unpaired) electrons. The van der Waals surface area contributed by atoms with Gasteiger partial charge in [0, 0.05) is 22.9 Å². The van der Waals surface area contributed by atoms with Crippen LogP contribution in [0.4, 0.5) is 5.69 Å². The third-order valence-electron chi connectivity index (χ3n) is 5.12. The third kappa shape index (κ3) is 4.34. The molecule has 1 N–H and O–H groups in total. The summed E-state index contributed by atoms with van der Waals surface area (Å²) in [6.07, 6.45) is 3.98. The molecule has 5 heteroatoms. The van der Waals surface area contributed by atoms with E-state index in [0.29, 0.717) is 17.4 Å². The van der Waals surface area contributed by atoms with Crippen LogP contribution < -0.4 is 15.1 Å². The number of benzene rings is 2. The largest absolute Gasteiger partial charge is 0.497 e. The first-order valence-corrected chi connectivity index (χ1v) is 9.83. The Morgan fingerprint density at radius 1 is 1.21 bits per heavy atom.